The van der Waals surface area contributed by atoms with Crippen LogP contribution in [-0.2, 0) is 0 Å². The zero-order chi connectivity index (χ0) is 18.0. The molecule has 2 amide bonds. The standard InChI is InChI=1S/C19H17ClN2O3/c1-4-12(2)22(3)19(23)21-15-9-10-16-17(11-15)25-18(24-16)13-5-7-14(20)8-6-13/h1,5-12,18H,2-3H3,(H,21,23). The molecule has 0 spiro atoms. The minimum Gasteiger partial charge on any atom is -0.447 e. The normalized spacial score (nSPS) is 16.0. The third-order valence-corrected chi connectivity index (χ3v) is 4.20. The molecule has 0 bridgehead atoms. The van der Waals surface area contributed by atoms with E-state index in [4.69, 9.17) is 27.5 Å². The third kappa shape index (κ3) is 3.65. The van der Waals surface area contributed by atoms with Gasteiger partial charge in [-0.1, -0.05) is 29.7 Å². The summed E-state index contributed by atoms with van der Waals surface area (Å²) in [5, 5.41) is 3.43. The van der Waals surface area contributed by atoms with Gasteiger partial charge in [-0.25, -0.2) is 4.79 Å². The average molecular weight is 357 g/mol. The molecular weight excluding hydrogens is 340 g/mol. The minimum absolute atomic E-state index is 0.293. The first-order valence-electron chi connectivity index (χ1n) is 7.70. The highest BCUT2D eigenvalue weighted by Gasteiger charge is 2.26. The largest absolute Gasteiger partial charge is 0.447 e. The molecular formula is C19H17ClN2O3. The Labute approximate surface area is 151 Å². The van der Waals surface area contributed by atoms with Crippen LogP contribution >= 0.6 is 11.6 Å². The maximum absolute atomic E-state index is 12.2. The molecule has 2 atom stereocenters. The molecule has 0 saturated carbocycles. The number of hydrogen-bond donors (Lipinski definition) is 1. The fourth-order valence-electron chi connectivity index (χ4n) is 2.29. The first kappa shape index (κ1) is 17.0. The van der Waals surface area contributed by atoms with Crippen LogP contribution in [0.3, 0.4) is 0 Å². The van der Waals surface area contributed by atoms with E-state index in [9.17, 15) is 4.79 Å². The van der Waals surface area contributed by atoms with Gasteiger partial charge in [0.1, 0.15) is 0 Å². The van der Waals surface area contributed by atoms with Crippen molar-refractivity contribution in [2.75, 3.05) is 12.4 Å². The SMILES string of the molecule is C#CC(C)N(C)C(=O)Nc1ccc2c(c1)OC(c1ccc(Cl)cc1)O2. The number of ether oxygens (including phenoxy) is 2. The lowest BCUT2D eigenvalue weighted by Crippen LogP contribution is -2.37. The van der Waals surface area contributed by atoms with Gasteiger partial charge < -0.3 is 19.7 Å². The molecule has 2 aromatic rings. The number of anilines is 1. The summed E-state index contributed by atoms with van der Waals surface area (Å²) in [6, 6.07) is 11.9. The van der Waals surface area contributed by atoms with Gasteiger partial charge in [0.2, 0.25) is 0 Å². The van der Waals surface area contributed by atoms with E-state index in [1.807, 2.05) is 12.1 Å². The van der Waals surface area contributed by atoms with Crippen LogP contribution in [0.5, 0.6) is 11.5 Å². The number of benzene rings is 2. The molecule has 1 heterocycles. The van der Waals surface area contributed by atoms with Crippen LogP contribution in [0.4, 0.5) is 10.5 Å². The fourth-order valence-corrected chi connectivity index (χ4v) is 2.41. The Balaban J connectivity index is 1.71. The number of hydrogen-bond acceptors (Lipinski definition) is 3. The number of nitrogens with zero attached hydrogens (tertiary/aromatic N) is 1. The third-order valence-electron chi connectivity index (χ3n) is 3.95. The number of carbonyl (C=O) groups is 1. The second-order valence-corrected chi connectivity index (χ2v) is 6.10. The average Bonchev–Trinajstić information content (AvgIpc) is 3.04. The summed E-state index contributed by atoms with van der Waals surface area (Å²) in [5.74, 6) is 3.69. The first-order valence-corrected chi connectivity index (χ1v) is 8.08. The monoisotopic (exact) mass is 356 g/mol. The lowest BCUT2D eigenvalue weighted by molar-refractivity contribution is 0.0487. The van der Waals surface area contributed by atoms with Gasteiger partial charge in [0.15, 0.2) is 11.5 Å². The Morgan fingerprint density at radius 1 is 1.24 bits per heavy atom. The summed E-state index contributed by atoms with van der Waals surface area (Å²) >= 11 is 5.90. The fraction of sp³-hybridized carbons (Fsp3) is 0.211. The Bertz CT molecular complexity index is 830. The van der Waals surface area contributed by atoms with Crippen LogP contribution in [0, 0.1) is 12.3 Å². The van der Waals surface area contributed by atoms with Crippen molar-refractivity contribution in [1.29, 1.82) is 0 Å². The second kappa shape index (κ2) is 6.96. The van der Waals surface area contributed by atoms with Gasteiger partial charge in [-0.15, -0.1) is 6.42 Å². The molecule has 0 aromatic heterocycles. The Morgan fingerprint density at radius 2 is 1.92 bits per heavy atom. The van der Waals surface area contributed by atoms with E-state index in [2.05, 4.69) is 11.2 Å². The highest BCUT2D eigenvalue weighted by atomic mass is 35.5. The predicted octanol–water partition coefficient (Wildman–Crippen LogP) is 4.30. The molecule has 2 aromatic carbocycles. The van der Waals surface area contributed by atoms with Crippen molar-refractivity contribution >= 4 is 23.3 Å². The molecule has 5 nitrogen and oxygen atoms in total. The minimum atomic E-state index is -0.539. The highest BCUT2D eigenvalue weighted by Crippen LogP contribution is 2.42. The predicted molar refractivity (Wildman–Crippen MR) is 97.0 cm³/mol. The van der Waals surface area contributed by atoms with Crippen molar-refractivity contribution in [1.82, 2.24) is 4.90 Å². The number of terminal acetylenes is 1. The summed E-state index contributed by atoms with van der Waals surface area (Å²) in [6.07, 6.45) is 4.80. The molecule has 1 N–H and O–H groups in total. The van der Waals surface area contributed by atoms with Crippen molar-refractivity contribution < 1.29 is 14.3 Å². The second-order valence-electron chi connectivity index (χ2n) is 5.66. The van der Waals surface area contributed by atoms with Gasteiger partial charge in [0.25, 0.3) is 6.29 Å². The van der Waals surface area contributed by atoms with Crippen LogP contribution < -0.4 is 14.8 Å². The van der Waals surface area contributed by atoms with E-state index in [0.717, 1.165) is 5.56 Å². The number of amides is 2. The van der Waals surface area contributed by atoms with Gasteiger partial charge in [0.05, 0.1) is 6.04 Å². The molecule has 0 aliphatic carbocycles. The molecule has 25 heavy (non-hydrogen) atoms. The first-order chi connectivity index (χ1) is 12.0. The summed E-state index contributed by atoms with van der Waals surface area (Å²) in [4.78, 5) is 13.6. The van der Waals surface area contributed by atoms with Crippen LogP contribution in [0.15, 0.2) is 42.5 Å². The zero-order valence-electron chi connectivity index (χ0n) is 13.8. The molecule has 0 saturated heterocycles. The maximum atomic E-state index is 12.2. The van der Waals surface area contributed by atoms with Crippen LogP contribution in [0.1, 0.15) is 18.8 Å². The molecule has 1 aliphatic rings. The van der Waals surface area contributed by atoms with Gasteiger partial charge >= 0.3 is 6.03 Å². The van der Waals surface area contributed by atoms with E-state index in [1.54, 1.807) is 44.3 Å². The smallest absolute Gasteiger partial charge is 0.322 e. The Morgan fingerprint density at radius 3 is 2.60 bits per heavy atom. The Hall–Kier alpha value is -2.84. The number of carbonyl (C=O) groups excluding carboxylic acids is 1. The zero-order valence-corrected chi connectivity index (χ0v) is 14.6. The van der Waals surface area contributed by atoms with Crippen LogP contribution in [-0.4, -0.2) is 24.0 Å². The highest BCUT2D eigenvalue weighted by molar-refractivity contribution is 6.30. The van der Waals surface area contributed by atoms with Crippen molar-refractivity contribution in [3.05, 3.63) is 53.1 Å². The topological polar surface area (TPSA) is 50.8 Å². The van der Waals surface area contributed by atoms with E-state index in [1.165, 1.54) is 4.90 Å². The summed E-state index contributed by atoms with van der Waals surface area (Å²) in [5.41, 5.74) is 1.45. The molecule has 2 unspecified atom stereocenters. The number of halogens is 1. The van der Waals surface area contributed by atoms with Crippen molar-refractivity contribution in [3.63, 3.8) is 0 Å². The lowest BCUT2D eigenvalue weighted by atomic mass is 10.2. The molecule has 3 rings (SSSR count). The van der Waals surface area contributed by atoms with Crippen molar-refractivity contribution in [2.24, 2.45) is 0 Å². The van der Waals surface area contributed by atoms with Crippen LogP contribution in [0.2, 0.25) is 5.02 Å². The number of urea groups is 1. The van der Waals surface area contributed by atoms with E-state index in [-0.39, 0.29) is 12.1 Å². The quantitative estimate of drug-likeness (QED) is 0.834. The number of fused-ring (bicyclic) bond motifs is 1. The van der Waals surface area contributed by atoms with Gasteiger partial charge in [-0.05, 0) is 31.2 Å². The van der Waals surface area contributed by atoms with E-state index < -0.39 is 6.29 Å². The molecule has 1 aliphatic heterocycles. The molecule has 6 heteroatoms. The number of nitrogens with one attached hydrogen (secondary N) is 1. The van der Waals surface area contributed by atoms with Gasteiger partial charge in [-0.3, -0.25) is 0 Å². The van der Waals surface area contributed by atoms with E-state index in [0.29, 0.717) is 22.2 Å². The summed E-state index contributed by atoms with van der Waals surface area (Å²) in [6.45, 7) is 1.77. The molecule has 0 fully saturated rings. The van der Waals surface area contributed by atoms with Crippen molar-refractivity contribution in [3.8, 4) is 23.8 Å². The van der Waals surface area contributed by atoms with Gasteiger partial charge in [-0.2, -0.15) is 0 Å². The molecule has 0 radical (unpaired) electrons. The lowest BCUT2D eigenvalue weighted by Gasteiger charge is -2.21. The molecule has 128 valence electrons. The van der Waals surface area contributed by atoms with Crippen molar-refractivity contribution in [2.45, 2.75) is 19.3 Å². The Kier molecular flexibility index (Phi) is 4.73. The number of rotatable bonds is 3. The maximum Gasteiger partial charge on any atom is 0.322 e. The summed E-state index contributed by atoms with van der Waals surface area (Å²) in [7, 11) is 1.64. The van der Waals surface area contributed by atoms with Crippen LogP contribution in [0.25, 0.3) is 0 Å². The summed E-state index contributed by atoms with van der Waals surface area (Å²) < 4.78 is 11.6. The van der Waals surface area contributed by atoms with Gasteiger partial charge in [0, 0.05) is 29.4 Å². The van der Waals surface area contributed by atoms with E-state index >= 15 is 0 Å².